The summed E-state index contributed by atoms with van der Waals surface area (Å²) < 4.78 is 0. The number of aliphatic carboxylic acids is 2. The number of rotatable bonds is 11. The van der Waals surface area contributed by atoms with Crippen LogP contribution in [0.15, 0.2) is 0 Å². The summed E-state index contributed by atoms with van der Waals surface area (Å²) in [6, 6.07) is -5.19. The predicted molar refractivity (Wildman–Crippen MR) is 104 cm³/mol. The molecule has 168 valence electrons. The largest absolute Gasteiger partial charge is 0.481 e. The summed E-state index contributed by atoms with van der Waals surface area (Å²) >= 11 is 3.88. The lowest BCUT2D eigenvalue weighted by atomic mass is 10.1. The van der Waals surface area contributed by atoms with E-state index in [4.69, 9.17) is 21.7 Å². The Hall–Kier alpha value is -2.87. The van der Waals surface area contributed by atoms with E-state index in [2.05, 4.69) is 23.3 Å². The first kappa shape index (κ1) is 25.2. The second-order valence-corrected chi connectivity index (χ2v) is 7.07. The van der Waals surface area contributed by atoms with E-state index in [9.17, 15) is 28.8 Å². The number of hydrogen-bond acceptors (Lipinski definition) is 8. The van der Waals surface area contributed by atoms with Gasteiger partial charge in [-0.3, -0.25) is 24.0 Å². The Morgan fingerprint density at radius 2 is 1.70 bits per heavy atom. The van der Waals surface area contributed by atoms with Crippen LogP contribution in [-0.4, -0.2) is 87.1 Å². The van der Waals surface area contributed by atoms with Crippen molar-refractivity contribution >= 4 is 48.2 Å². The van der Waals surface area contributed by atoms with Crippen molar-refractivity contribution in [3.8, 4) is 0 Å². The molecule has 4 atom stereocenters. The fourth-order valence-electron chi connectivity index (χ4n) is 2.91. The number of amides is 4. The zero-order chi connectivity index (χ0) is 23.0. The van der Waals surface area contributed by atoms with Crippen molar-refractivity contribution in [2.45, 2.75) is 49.9 Å². The number of nitrogens with zero attached hydrogens (tertiary/aromatic N) is 1. The third-order valence-corrected chi connectivity index (χ3v) is 4.78. The summed E-state index contributed by atoms with van der Waals surface area (Å²) in [5.41, 5.74) is 10.7. The Labute approximate surface area is 176 Å². The Balaban J connectivity index is 2.96. The normalized spacial score (nSPS) is 18.7. The maximum Gasteiger partial charge on any atom is 0.326 e. The molecule has 4 amide bonds. The van der Waals surface area contributed by atoms with Crippen LogP contribution in [-0.2, 0) is 28.8 Å². The van der Waals surface area contributed by atoms with Crippen LogP contribution in [0.2, 0.25) is 0 Å². The predicted octanol–water partition coefficient (Wildman–Crippen LogP) is -3.36. The van der Waals surface area contributed by atoms with Crippen LogP contribution in [0.25, 0.3) is 0 Å². The van der Waals surface area contributed by atoms with Gasteiger partial charge in [0.25, 0.3) is 0 Å². The minimum absolute atomic E-state index is 0.0157. The van der Waals surface area contributed by atoms with E-state index in [1.54, 1.807) is 0 Å². The summed E-state index contributed by atoms with van der Waals surface area (Å²) in [6.45, 7) is 0.108. The van der Waals surface area contributed by atoms with Gasteiger partial charge in [-0.05, 0) is 12.8 Å². The number of hydrogen-bond donors (Lipinski definition) is 7. The van der Waals surface area contributed by atoms with E-state index >= 15 is 0 Å². The molecule has 13 nitrogen and oxygen atoms in total. The molecule has 0 spiro atoms. The topological polar surface area (TPSA) is 222 Å². The molecule has 1 heterocycles. The number of carbonyl (C=O) groups excluding carboxylic acids is 4. The Kier molecular flexibility index (Phi) is 9.52. The van der Waals surface area contributed by atoms with Crippen molar-refractivity contribution in [1.82, 2.24) is 15.5 Å². The molecule has 0 aliphatic carbocycles. The van der Waals surface area contributed by atoms with Crippen molar-refractivity contribution in [3.05, 3.63) is 0 Å². The van der Waals surface area contributed by atoms with Gasteiger partial charge in [-0.2, -0.15) is 12.6 Å². The molecule has 30 heavy (non-hydrogen) atoms. The molecule has 0 aromatic rings. The number of likely N-dealkylation sites (tertiary alicyclic amines) is 1. The Bertz CT molecular complexity index is 718. The standard InChI is InChI=1S/C16H25N5O8S/c17-7(6-30)13(25)19-8(4-11(18)22)15(27)21-3-1-2-10(21)14(26)20-9(16(28)29)5-12(23)24/h7-10,30H,1-6,17H2,(H2,18,22)(H,19,25)(H,20,26)(H,23,24)(H,28,29). The van der Waals surface area contributed by atoms with Crippen molar-refractivity contribution < 1.29 is 39.0 Å². The van der Waals surface area contributed by atoms with Gasteiger partial charge in [0.1, 0.15) is 18.1 Å². The van der Waals surface area contributed by atoms with Crippen LogP contribution in [0.3, 0.4) is 0 Å². The molecule has 0 aromatic heterocycles. The van der Waals surface area contributed by atoms with Crippen molar-refractivity contribution in [2.24, 2.45) is 11.5 Å². The summed E-state index contributed by atoms with van der Waals surface area (Å²) in [5, 5.41) is 22.3. The first-order chi connectivity index (χ1) is 14.0. The number of carboxylic acid groups (broad SMARTS) is 2. The van der Waals surface area contributed by atoms with E-state index in [0.29, 0.717) is 6.42 Å². The minimum atomic E-state index is -1.68. The Morgan fingerprint density at radius 3 is 2.20 bits per heavy atom. The van der Waals surface area contributed by atoms with E-state index in [1.165, 1.54) is 0 Å². The first-order valence-corrected chi connectivity index (χ1v) is 9.61. The molecule has 1 rings (SSSR count). The number of carbonyl (C=O) groups is 6. The van der Waals surface area contributed by atoms with Crippen LogP contribution < -0.4 is 22.1 Å². The molecule has 1 saturated heterocycles. The van der Waals surface area contributed by atoms with Gasteiger partial charge in [-0.15, -0.1) is 0 Å². The number of nitrogens with two attached hydrogens (primary N) is 2. The van der Waals surface area contributed by atoms with Gasteiger partial charge >= 0.3 is 11.9 Å². The van der Waals surface area contributed by atoms with E-state index < -0.39 is 72.6 Å². The third kappa shape index (κ3) is 7.18. The van der Waals surface area contributed by atoms with Gasteiger partial charge < -0.3 is 37.2 Å². The van der Waals surface area contributed by atoms with Gasteiger partial charge in [0.2, 0.25) is 23.6 Å². The van der Waals surface area contributed by atoms with Gasteiger partial charge in [0.15, 0.2) is 0 Å². The fraction of sp³-hybridized carbons (Fsp3) is 0.625. The third-order valence-electron chi connectivity index (χ3n) is 4.39. The maximum atomic E-state index is 12.9. The molecule has 1 aliphatic heterocycles. The molecule has 14 heteroatoms. The molecule has 0 radical (unpaired) electrons. The molecule has 1 fully saturated rings. The smallest absolute Gasteiger partial charge is 0.326 e. The molecule has 0 aromatic carbocycles. The number of thiol groups is 1. The minimum Gasteiger partial charge on any atom is -0.481 e. The highest BCUT2D eigenvalue weighted by Crippen LogP contribution is 2.20. The zero-order valence-corrected chi connectivity index (χ0v) is 16.8. The monoisotopic (exact) mass is 447 g/mol. The molecular formula is C16H25N5O8S. The maximum absolute atomic E-state index is 12.9. The lowest BCUT2D eigenvalue weighted by Gasteiger charge is -2.29. The van der Waals surface area contributed by atoms with Gasteiger partial charge in [0.05, 0.1) is 18.9 Å². The van der Waals surface area contributed by atoms with Gasteiger partial charge in [0, 0.05) is 12.3 Å². The summed E-state index contributed by atoms with van der Waals surface area (Å²) in [6.07, 6.45) is -0.798. The van der Waals surface area contributed by atoms with Crippen LogP contribution in [0.1, 0.15) is 25.7 Å². The number of nitrogens with one attached hydrogen (secondary N) is 2. The second kappa shape index (κ2) is 11.3. The van der Waals surface area contributed by atoms with E-state index in [1.807, 2.05) is 0 Å². The molecular weight excluding hydrogens is 422 g/mol. The van der Waals surface area contributed by atoms with E-state index in [0.717, 1.165) is 4.90 Å². The average molecular weight is 447 g/mol. The first-order valence-electron chi connectivity index (χ1n) is 8.98. The highest BCUT2D eigenvalue weighted by atomic mass is 32.1. The highest BCUT2D eigenvalue weighted by molar-refractivity contribution is 7.80. The SMILES string of the molecule is NC(=O)CC(NC(=O)C(N)CS)C(=O)N1CCCC1C(=O)NC(CC(=O)O)C(=O)O. The molecule has 4 unspecified atom stereocenters. The van der Waals surface area contributed by atoms with Crippen LogP contribution in [0.5, 0.6) is 0 Å². The van der Waals surface area contributed by atoms with Gasteiger partial charge in [-0.25, -0.2) is 4.79 Å². The number of primary amides is 1. The molecule has 1 aliphatic rings. The van der Waals surface area contributed by atoms with Crippen LogP contribution >= 0.6 is 12.6 Å². The molecule has 0 bridgehead atoms. The number of carboxylic acids is 2. The van der Waals surface area contributed by atoms with Crippen LogP contribution in [0.4, 0.5) is 0 Å². The van der Waals surface area contributed by atoms with Crippen molar-refractivity contribution in [3.63, 3.8) is 0 Å². The highest BCUT2D eigenvalue weighted by Gasteiger charge is 2.39. The van der Waals surface area contributed by atoms with Crippen molar-refractivity contribution in [2.75, 3.05) is 12.3 Å². The Morgan fingerprint density at radius 1 is 1.07 bits per heavy atom. The van der Waals surface area contributed by atoms with Crippen LogP contribution in [0, 0.1) is 0 Å². The van der Waals surface area contributed by atoms with Crippen molar-refractivity contribution in [1.29, 1.82) is 0 Å². The molecule has 8 N–H and O–H groups in total. The zero-order valence-electron chi connectivity index (χ0n) is 15.9. The lowest BCUT2D eigenvalue weighted by molar-refractivity contribution is -0.148. The second-order valence-electron chi connectivity index (χ2n) is 6.71. The van der Waals surface area contributed by atoms with Gasteiger partial charge in [-0.1, -0.05) is 0 Å². The fourth-order valence-corrected chi connectivity index (χ4v) is 3.07. The lowest BCUT2D eigenvalue weighted by Crippen LogP contribution is -2.57. The van der Waals surface area contributed by atoms with E-state index in [-0.39, 0.29) is 18.7 Å². The summed E-state index contributed by atoms with van der Waals surface area (Å²) in [7, 11) is 0. The summed E-state index contributed by atoms with van der Waals surface area (Å²) in [4.78, 5) is 71.8. The molecule has 0 saturated carbocycles. The summed E-state index contributed by atoms with van der Waals surface area (Å²) in [5.74, 6) is -6.22. The average Bonchev–Trinajstić information content (AvgIpc) is 3.14. The quantitative estimate of drug-likeness (QED) is 0.157.